The lowest BCUT2D eigenvalue weighted by Crippen LogP contribution is -2.31. The van der Waals surface area contributed by atoms with Crippen LogP contribution in [0.3, 0.4) is 0 Å². The van der Waals surface area contributed by atoms with E-state index in [-0.39, 0.29) is 29.5 Å². The van der Waals surface area contributed by atoms with Crippen LogP contribution in [0.15, 0.2) is 37.1 Å². The smallest absolute Gasteiger partial charge is 0.163 e. The Hall–Kier alpha value is -1.36. The van der Waals surface area contributed by atoms with Crippen molar-refractivity contribution in [2.24, 2.45) is 5.41 Å². The maximum Gasteiger partial charge on any atom is 0.163 e. The molecule has 1 aliphatic heterocycles. The molecule has 2 heterocycles. The van der Waals surface area contributed by atoms with Gasteiger partial charge in [-0.2, -0.15) is 0 Å². The van der Waals surface area contributed by atoms with Crippen LogP contribution in [0.4, 0.5) is 4.39 Å². The molecule has 0 N–H and O–H groups in total. The molecule has 1 aromatic carbocycles. The first-order valence-corrected chi connectivity index (χ1v) is 8.57. The number of rotatable bonds is 2. The van der Waals surface area contributed by atoms with Crippen LogP contribution in [0.5, 0.6) is 0 Å². The third-order valence-corrected chi connectivity index (χ3v) is 5.74. The number of hydrogen-bond acceptors (Lipinski definition) is 2. The van der Waals surface area contributed by atoms with Crippen molar-refractivity contribution in [1.82, 2.24) is 4.57 Å². The highest BCUT2D eigenvalue weighted by Crippen LogP contribution is 2.54. The van der Waals surface area contributed by atoms with Gasteiger partial charge in [0.1, 0.15) is 11.9 Å². The SMILES string of the molecule is C=C[C@@]1(C)C[C@@H](n2ccc3c(Cl)ccc(F)c32)[C@@H]2OC(C)(C)O[C@@H]21. The maximum atomic E-state index is 14.5. The molecule has 1 saturated carbocycles. The van der Waals surface area contributed by atoms with Gasteiger partial charge in [0.05, 0.1) is 22.7 Å². The summed E-state index contributed by atoms with van der Waals surface area (Å²) in [6.07, 6.45) is 4.35. The second-order valence-corrected chi connectivity index (χ2v) is 7.92. The molecule has 0 radical (unpaired) electrons. The lowest BCUT2D eigenvalue weighted by atomic mass is 9.86. The topological polar surface area (TPSA) is 23.4 Å². The largest absolute Gasteiger partial charge is 0.344 e. The Morgan fingerprint density at radius 3 is 2.75 bits per heavy atom. The molecule has 1 aromatic heterocycles. The van der Waals surface area contributed by atoms with Crippen LogP contribution in [-0.2, 0) is 9.47 Å². The van der Waals surface area contributed by atoms with Gasteiger partial charge in [0, 0.05) is 17.0 Å². The first-order valence-electron chi connectivity index (χ1n) is 8.19. The average Bonchev–Trinajstić information content (AvgIpc) is 3.16. The summed E-state index contributed by atoms with van der Waals surface area (Å²) in [5.74, 6) is -0.932. The predicted octanol–water partition coefficient (Wildman–Crippen LogP) is 5.09. The molecule has 4 rings (SSSR count). The quantitative estimate of drug-likeness (QED) is 0.705. The minimum atomic E-state index is -0.655. The van der Waals surface area contributed by atoms with Gasteiger partial charge in [-0.05, 0) is 38.5 Å². The Balaban J connectivity index is 1.85. The van der Waals surface area contributed by atoms with Gasteiger partial charge >= 0.3 is 0 Å². The predicted molar refractivity (Wildman–Crippen MR) is 92.7 cm³/mol. The van der Waals surface area contributed by atoms with Gasteiger partial charge in [-0.3, -0.25) is 0 Å². The minimum Gasteiger partial charge on any atom is -0.344 e. The van der Waals surface area contributed by atoms with E-state index in [1.807, 2.05) is 36.8 Å². The number of halogens is 2. The number of fused-ring (bicyclic) bond motifs is 2. The van der Waals surface area contributed by atoms with Crippen molar-refractivity contribution in [1.29, 1.82) is 0 Å². The second-order valence-electron chi connectivity index (χ2n) is 7.52. The van der Waals surface area contributed by atoms with Crippen LogP contribution in [-0.4, -0.2) is 22.6 Å². The van der Waals surface area contributed by atoms with E-state index in [9.17, 15) is 4.39 Å². The van der Waals surface area contributed by atoms with E-state index in [1.165, 1.54) is 6.07 Å². The summed E-state index contributed by atoms with van der Waals surface area (Å²) >= 11 is 6.24. The van der Waals surface area contributed by atoms with E-state index < -0.39 is 5.79 Å². The zero-order valence-corrected chi connectivity index (χ0v) is 14.8. The first-order chi connectivity index (χ1) is 11.3. The van der Waals surface area contributed by atoms with Gasteiger partial charge in [0.2, 0.25) is 0 Å². The molecule has 0 spiro atoms. The van der Waals surface area contributed by atoms with Crippen LogP contribution in [0.2, 0.25) is 5.02 Å². The summed E-state index contributed by atoms with van der Waals surface area (Å²) in [7, 11) is 0. The fourth-order valence-electron chi connectivity index (χ4n) is 4.20. The molecule has 5 heteroatoms. The third-order valence-electron chi connectivity index (χ3n) is 5.41. The molecular formula is C19H21ClFNO2. The fraction of sp³-hybridized carbons (Fsp3) is 0.474. The zero-order valence-electron chi connectivity index (χ0n) is 14.1. The molecule has 2 fully saturated rings. The van der Waals surface area contributed by atoms with Gasteiger partial charge in [-0.25, -0.2) is 4.39 Å². The lowest BCUT2D eigenvalue weighted by molar-refractivity contribution is -0.164. The van der Waals surface area contributed by atoms with Crippen molar-refractivity contribution in [3.8, 4) is 0 Å². The highest BCUT2D eigenvalue weighted by atomic mass is 35.5. The van der Waals surface area contributed by atoms with E-state index in [4.69, 9.17) is 21.1 Å². The van der Waals surface area contributed by atoms with Crippen LogP contribution in [0, 0.1) is 11.2 Å². The van der Waals surface area contributed by atoms with Crippen molar-refractivity contribution in [3.63, 3.8) is 0 Å². The maximum absolute atomic E-state index is 14.5. The Labute approximate surface area is 146 Å². The summed E-state index contributed by atoms with van der Waals surface area (Å²) in [5.41, 5.74) is 0.294. The monoisotopic (exact) mass is 349 g/mol. The van der Waals surface area contributed by atoms with E-state index in [0.29, 0.717) is 10.5 Å². The fourth-order valence-corrected chi connectivity index (χ4v) is 4.42. The van der Waals surface area contributed by atoms with Crippen molar-refractivity contribution in [2.75, 3.05) is 0 Å². The molecule has 1 aliphatic carbocycles. The summed E-state index contributed by atoms with van der Waals surface area (Å²) in [5, 5.41) is 1.27. The summed E-state index contributed by atoms with van der Waals surface area (Å²) < 4.78 is 28.8. The van der Waals surface area contributed by atoms with Crippen LogP contribution in [0.1, 0.15) is 33.2 Å². The van der Waals surface area contributed by atoms with Crippen molar-refractivity contribution >= 4 is 22.5 Å². The zero-order chi connectivity index (χ0) is 17.3. The van der Waals surface area contributed by atoms with E-state index in [1.54, 1.807) is 6.07 Å². The molecule has 0 amide bonds. The Morgan fingerprint density at radius 2 is 2.04 bits per heavy atom. The Kier molecular flexibility index (Phi) is 3.41. The van der Waals surface area contributed by atoms with Crippen molar-refractivity contribution < 1.29 is 13.9 Å². The lowest BCUT2D eigenvalue weighted by Gasteiger charge is -2.28. The highest BCUT2D eigenvalue weighted by molar-refractivity contribution is 6.35. The molecule has 2 aromatic rings. The highest BCUT2D eigenvalue weighted by Gasteiger charge is 2.59. The van der Waals surface area contributed by atoms with E-state index >= 15 is 0 Å². The molecule has 128 valence electrons. The first kappa shape index (κ1) is 16.1. The minimum absolute atomic E-state index is 0.0368. The molecular weight excluding hydrogens is 329 g/mol. The summed E-state index contributed by atoms with van der Waals surface area (Å²) in [6, 6.07) is 4.83. The second kappa shape index (κ2) is 5.07. The molecule has 4 atom stereocenters. The number of hydrogen-bond donors (Lipinski definition) is 0. The average molecular weight is 350 g/mol. The van der Waals surface area contributed by atoms with E-state index in [0.717, 1.165) is 11.8 Å². The van der Waals surface area contributed by atoms with Gasteiger partial charge in [0.15, 0.2) is 5.79 Å². The normalized spacial score (nSPS) is 34.6. The molecule has 1 saturated heterocycles. The van der Waals surface area contributed by atoms with Gasteiger partial charge in [-0.15, -0.1) is 6.58 Å². The molecule has 3 nitrogen and oxygen atoms in total. The Bertz CT molecular complexity index is 830. The van der Waals surface area contributed by atoms with Crippen molar-refractivity contribution in [2.45, 2.75) is 51.2 Å². The molecule has 2 aliphatic rings. The van der Waals surface area contributed by atoms with Gasteiger partial charge < -0.3 is 14.0 Å². The summed E-state index contributed by atoms with van der Waals surface area (Å²) in [6.45, 7) is 9.94. The number of nitrogens with zero attached hydrogens (tertiary/aromatic N) is 1. The molecule has 24 heavy (non-hydrogen) atoms. The number of benzene rings is 1. The van der Waals surface area contributed by atoms with Gasteiger partial charge in [-0.1, -0.05) is 24.6 Å². The summed E-state index contributed by atoms with van der Waals surface area (Å²) in [4.78, 5) is 0. The standard InChI is InChI=1S/C19H21ClFNO2/c1-5-19(4)10-14(16-17(19)24-18(2,3)23-16)22-9-8-11-12(20)6-7-13(21)15(11)22/h5-9,14,16-17H,1,10H2,2-4H3/t14-,16+,17+,19+/m1/s1. The van der Waals surface area contributed by atoms with E-state index in [2.05, 4.69) is 13.5 Å². The Morgan fingerprint density at radius 1 is 1.29 bits per heavy atom. The van der Waals surface area contributed by atoms with Crippen LogP contribution in [0.25, 0.3) is 10.9 Å². The van der Waals surface area contributed by atoms with Crippen molar-refractivity contribution in [3.05, 3.63) is 47.9 Å². The molecule has 0 unspecified atom stereocenters. The van der Waals surface area contributed by atoms with Gasteiger partial charge in [0.25, 0.3) is 0 Å². The third kappa shape index (κ3) is 2.17. The molecule has 0 bridgehead atoms. The van der Waals surface area contributed by atoms with Crippen LogP contribution >= 0.6 is 11.6 Å². The number of aromatic nitrogens is 1. The van der Waals surface area contributed by atoms with Crippen LogP contribution < -0.4 is 0 Å². The number of ether oxygens (including phenoxy) is 2.